The number of pyridine rings is 1. The Balaban J connectivity index is 2.22. The molecule has 22 heavy (non-hydrogen) atoms. The first-order chi connectivity index (χ1) is 10.7. The van der Waals surface area contributed by atoms with Gasteiger partial charge in [-0.25, -0.2) is 0 Å². The van der Waals surface area contributed by atoms with Gasteiger partial charge in [0.05, 0.1) is 12.6 Å². The molecule has 1 aromatic carbocycles. The van der Waals surface area contributed by atoms with Crippen molar-refractivity contribution in [3.8, 4) is 5.75 Å². The van der Waals surface area contributed by atoms with E-state index in [9.17, 15) is 4.79 Å². The number of nitrogens with zero attached hydrogens (tertiary/aromatic N) is 1. The first-order valence-corrected chi connectivity index (χ1v) is 7.85. The lowest BCUT2D eigenvalue weighted by Gasteiger charge is -2.14. The van der Waals surface area contributed by atoms with Crippen LogP contribution in [-0.2, 0) is 6.54 Å². The largest absolute Gasteiger partial charge is 0.494 e. The zero-order valence-corrected chi connectivity index (χ0v) is 13.3. The van der Waals surface area contributed by atoms with Crippen LogP contribution in [0, 0.1) is 0 Å². The molecule has 118 valence electrons. The molecule has 2 rings (SSSR count). The molecule has 0 amide bonds. The zero-order valence-electron chi connectivity index (χ0n) is 13.3. The highest BCUT2D eigenvalue weighted by atomic mass is 16.5. The first kappa shape index (κ1) is 16.3. The Morgan fingerprint density at radius 1 is 1.14 bits per heavy atom. The maximum atomic E-state index is 12.4. The van der Waals surface area contributed by atoms with E-state index in [4.69, 9.17) is 10.5 Å². The molecular weight excluding hydrogens is 276 g/mol. The van der Waals surface area contributed by atoms with Crippen molar-refractivity contribution in [2.45, 2.75) is 39.3 Å². The zero-order chi connectivity index (χ0) is 15.9. The third-order valence-electron chi connectivity index (χ3n) is 3.56. The Hall–Kier alpha value is -2.07. The monoisotopic (exact) mass is 300 g/mol. The maximum absolute atomic E-state index is 12.4. The number of aryl methyl sites for hydroxylation is 1. The normalized spacial score (nSPS) is 12.1. The second-order valence-electron chi connectivity index (χ2n) is 5.36. The first-order valence-electron chi connectivity index (χ1n) is 7.85. The molecule has 4 nitrogen and oxygen atoms in total. The molecule has 2 N–H and O–H groups in total. The van der Waals surface area contributed by atoms with E-state index in [0.29, 0.717) is 18.7 Å². The van der Waals surface area contributed by atoms with Crippen molar-refractivity contribution in [1.82, 2.24) is 4.57 Å². The van der Waals surface area contributed by atoms with Crippen LogP contribution in [0.4, 0.5) is 0 Å². The molecule has 0 aliphatic heterocycles. The summed E-state index contributed by atoms with van der Waals surface area (Å²) in [6.45, 7) is 5.53. The van der Waals surface area contributed by atoms with E-state index in [1.54, 1.807) is 10.6 Å². The summed E-state index contributed by atoms with van der Waals surface area (Å²) in [5.74, 6) is 0.828. The smallest absolute Gasteiger partial charge is 0.255 e. The van der Waals surface area contributed by atoms with Crippen LogP contribution in [0.15, 0.2) is 47.4 Å². The van der Waals surface area contributed by atoms with Gasteiger partial charge in [0.15, 0.2) is 0 Å². The van der Waals surface area contributed by atoms with Gasteiger partial charge in [-0.2, -0.15) is 0 Å². The van der Waals surface area contributed by atoms with Gasteiger partial charge < -0.3 is 15.0 Å². The maximum Gasteiger partial charge on any atom is 0.255 e. The fourth-order valence-corrected chi connectivity index (χ4v) is 2.38. The van der Waals surface area contributed by atoms with Crippen LogP contribution in [-0.4, -0.2) is 11.2 Å². The van der Waals surface area contributed by atoms with Crippen molar-refractivity contribution in [3.63, 3.8) is 0 Å². The van der Waals surface area contributed by atoms with Gasteiger partial charge in [0.2, 0.25) is 0 Å². The lowest BCUT2D eigenvalue weighted by atomic mass is 10.0. The predicted octanol–water partition coefficient (Wildman–Crippen LogP) is 3.10. The highest BCUT2D eigenvalue weighted by Crippen LogP contribution is 2.20. The van der Waals surface area contributed by atoms with Crippen LogP contribution in [0.2, 0.25) is 0 Å². The third-order valence-corrected chi connectivity index (χ3v) is 3.56. The van der Waals surface area contributed by atoms with E-state index in [0.717, 1.165) is 24.2 Å². The minimum atomic E-state index is -0.419. The van der Waals surface area contributed by atoms with Gasteiger partial charge in [-0.15, -0.1) is 0 Å². The van der Waals surface area contributed by atoms with Crippen LogP contribution >= 0.6 is 0 Å². The van der Waals surface area contributed by atoms with E-state index in [-0.39, 0.29) is 5.56 Å². The Labute approximate surface area is 131 Å². The SMILES string of the molecule is CCCOc1ccc(C(N)c2cccn(CCC)c2=O)cc1. The number of nitrogens with two attached hydrogens (primary N) is 1. The molecule has 0 spiro atoms. The molecule has 0 saturated heterocycles. The summed E-state index contributed by atoms with van der Waals surface area (Å²) in [4.78, 5) is 12.4. The summed E-state index contributed by atoms with van der Waals surface area (Å²) in [5, 5.41) is 0. The lowest BCUT2D eigenvalue weighted by Crippen LogP contribution is -2.28. The van der Waals surface area contributed by atoms with Gasteiger partial charge >= 0.3 is 0 Å². The van der Waals surface area contributed by atoms with E-state index >= 15 is 0 Å². The van der Waals surface area contributed by atoms with Gasteiger partial charge in [0.25, 0.3) is 5.56 Å². The molecular formula is C18H24N2O2. The average Bonchev–Trinajstić information content (AvgIpc) is 2.55. The number of hydrogen-bond donors (Lipinski definition) is 1. The molecule has 0 fully saturated rings. The Bertz CT molecular complexity index is 647. The van der Waals surface area contributed by atoms with Gasteiger partial charge in [-0.1, -0.05) is 32.0 Å². The molecule has 0 radical (unpaired) electrons. The van der Waals surface area contributed by atoms with Gasteiger partial charge in [-0.05, 0) is 36.6 Å². The van der Waals surface area contributed by atoms with Crippen molar-refractivity contribution < 1.29 is 4.74 Å². The molecule has 0 bridgehead atoms. The van der Waals surface area contributed by atoms with Gasteiger partial charge in [0, 0.05) is 18.3 Å². The van der Waals surface area contributed by atoms with Crippen molar-refractivity contribution in [2.24, 2.45) is 5.73 Å². The topological polar surface area (TPSA) is 57.2 Å². The second-order valence-corrected chi connectivity index (χ2v) is 5.36. The number of hydrogen-bond acceptors (Lipinski definition) is 3. The molecule has 0 aliphatic carbocycles. The van der Waals surface area contributed by atoms with Crippen LogP contribution in [0.1, 0.15) is 43.9 Å². The summed E-state index contributed by atoms with van der Waals surface area (Å²) in [5.41, 5.74) is 7.80. The van der Waals surface area contributed by atoms with E-state index in [2.05, 4.69) is 6.92 Å². The number of benzene rings is 1. The highest BCUT2D eigenvalue weighted by molar-refractivity contribution is 5.34. The van der Waals surface area contributed by atoms with Crippen molar-refractivity contribution >= 4 is 0 Å². The minimum Gasteiger partial charge on any atom is -0.494 e. The predicted molar refractivity (Wildman–Crippen MR) is 89.3 cm³/mol. The van der Waals surface area contributed by atoms with Crippen molar-refractivity contribution in [1.29, 1.82) is 0 Å². The standard InChI is InChI=1S/C18H24N2O2/c1-3-11-20-12-5-6-16(18(20)21)17(19)14-7-9-15(10-8-14)22-13-4-2/h5-10,12,17H,3-4,11,13,19H2,1-2H3. The summed E-state index contributed by atoms with van der Waals surface area (Å²) >= 11 is 0. The van der Waals surface area contributed by atoms with Crippen LogP contribution in [0.5, 0.6) is 5.75 Å². The molecule has 1 heterocycles. The van der Waals surface area contributed by atoms with Crippen molar-refractivity contribution in [3.05, 3.63) is 64.1 Å². The average molecular weight is 300 g/mol. The molecule has 0 saturated carbocycles. The summed E-state index contributed by atoms with van der Waals surface area (Å²) in [6, 6.07) is 10.9. The Morgan fingerprint density at radius 3 is 2.50 bits per heavy atom. The second kappa shape index (κ2) is 7.80. The summed E-state index contributed by atoms with van der Waals surface area (Å²) < 4.78 is 7.28. The van der Waals surface area contributed by atoms with E-state index in [1.807, 2.05) is 43.5 Å². The third kappa shape index (κ3) is 3.77. The van der Waals surface area contributed by atoms with Gasteiger partial charge in [-0.3, -0.25) is 4.79 Å². The number of rotatable bonds is 7. The molecule has 1 aromatic heterocycles. The van der Waals surface area contributed by atoms with Crippen LogP contribution < -0.4 is 16.0 Å². The molecule has 0 aliphatic rings. The minimum absolute atomic E-state index is 0.0110. The number of ether oxygens (including phenoxy) is 1. The van der Waals surface area contributed by atoms with E-state index in [1.165, 1.54) is 0 Å². The number of aromatic nitrogens is 1. The Kier molecular flexibility index (Phi) is 5.78. The van der Waals surface area contributed by atoms with Crippen LogP contribution in [0.3, 0.4) is 0 Å². The molecule has 4 heteroatoms. The fourth-order valence-electron chi connectivity index (χ4n) is 2.38. The molecule has 2 aromatic rings. The molecule has 1 atom stereocenters. The Morgan fingerprint density at radius 2 is 1.86 bits per heavy atom. The fraction of sp³-hybridized carbons (Fsp3) is 0.389. The van der Waals surface area contributed by atoms with E-state index < -0.39 is 6.04 Å². The lowest BCUT2D eigenvalue weighted by molar-refractivity contribution is 0.317. The summed E-state index contributed by atoms with van der Waals surface area (Å²) in [6.07, 6.45) is 3.70. The van der Waals surface area contributed by atoms with Crippen LogP contribution in [0.25, 0.3) is 0 Å². The highest BCUT2D eigenvalue weighted by Gasteiger charge is 2.14. The van der Waals surface area contributed by atoms with Crippen molar-refractivity contribution in [2.75, 3.05) is 6.61 Å². The van der Waals surface area contributed by atoms with Gasteiger partial charge in [0.1, 0.15) is 5.75 Å². The quantitative estimate of drug-likeness (QED) is 0.855. The summed E-state index contributed by atoms with van der Waals surface area (Å²) in [7, 11) is 0. The molecule has 1 unspecified atom stereocenters.